The van der Waals surface area contributed by atoms with E-state index in [9.17, 15) is 4.79 Å². The first kappa shape index (κ1) is 18.0. The lowest BCUT2D eigenvalue weighted by atomic mass is 9.97. The van der Waals surface area contributed by atoms with Crippen molar-refractivity contribution in [1.82, 2.24) is 14.9 Å². The number of nitrogens with two attached hydrogens (primary N) is 1. The molecule has 3 rings (SSSR count). The zero-order valence-electron chi connectivity index (χ0n) is 14.1. The van der Waals surface area contributed by atoms with Crippen LogP contribution >= 0.6 is 11.6 Å². The van der Waals surface area contributed by atoms with Gasteiger partial charge in [0.2, 0.25) is 5.91 Å². The molecule has 2 heterocycles. The molecule has 6 heteroatoms. The van der Waals surface area contributed by atoms with E-state index in [4.69, 9.17) is 17.3 Å². The fourth-order valence-corrected chi connectivity index (χ4v) is 3.23. The molecule has 1 amide bonds. The van der Waals surface area contributed by atoms with Crippen LogP contribution in [0.5, 0.6) is 0 Å². The molecule has 26 heavy (non-hydrogen) atoms. The number of aromatic nitrogens is 2. The largest absolute Gasteiger partial charge is 0.369 e. The molecular weight excluding hydrogens is 348 g/mol. The summed E-state index contributed by atoms with van der Waals surface area (Å²) in [5, 5.41) is 0.627. The summed E-state index contributed by atoms with van der Waals surface area (Å²) in [5.74, 6) is -0.408. The highest BCUT2D eigenvalue weighted by Gasteiger charge is 2.26. The van der Waals surface area contributed by atoms with Crippen LogP contribution in [0.25, 0.3) is 0 Å². The van der Waals surface area contributed by atoms with E-state index < -0.39 is 5.91 Å². The summed E-state index contributed by atoms with van der Waals surface area (Å²) in [6.45, 7) is 0.585. The minimum absolute atomic E-state index is 0.0830. The highest BCUT2D eigenvalue weighted by molar-refractivity contribution is 6.31. The lowest BCUT2D eigenvalue weighted by molar-refractivity contribution is -0.119. The van der Waals surface area contributed by atoms with Crippen molar-refractivity contribution >= 4 is 17.5 Å². The first-order valence-corrected chi connectivity index (χ1v) is 8.58. The third-order valence-corrected chi connectivity index (χ3v) is 4.38. The van der Waals surface area contributed by atoms with Crippen LogP contribution in [0.15, 0.2) is 73.3 Å². The van der Waals surface area contributed by atoms with E-state index in [0.29, 0.717) is 11.6 Å². The third kappa shape index (κ3) is 4.45. The van der Waals surface area contributed by atoms with Gasteiger partial charge in [0.1, 0.15) is 0 Å². The second kappa shape index (κ2) is 8.56. The molecule has 1 unspecified atom stereocenters. The molecule has 2 aromatic heterocycles. The number of carbonyl (C=O) groups excluding carboxylic acids is 1. The van der Waals surface area contributed by atoms with Gasteiger partial charge in [0.15, 0.2) is 0 Å². The molecule has 0 aliphatic heterocycles. The summed E-state index contributed by atoms with van der Waals surface area (Å²) in [5.41, 5.74) is 8.35. The molecule has 0 aliphatic rings. The van der Waals surface area contributed by atoms with Gasteiger partial charge in [0, 0.05) is 36.4 Å². The predicted molar refractivity (Wildman–Crippen MR) is 101 cm³/mol. The number of benzene rings is 1. The van der Waals surface area contributed by atoms with Crippen molar-refractivity contribution in [3.63, 3.8) is 0 Å². The van der Waals surface area contributed by atoms with E-state index in [0.717, 1.165) is 16.7 Å². The number of nitrogens with zero attached hydrogens (tertiary/aromatic N) is 3. The average molecular weight is 367 g/mol. The first-order valence-electron chi connectivity index (χ1n) is 8.21. The molecule has 0 fully saturated rings. The Hall–Kier alpha value is -2.76. The van der Waals surface area contributed by atoms with Crippen molar-refractivity contribution < 1.29 is 4.79 Å². The van der Waals surface area contributed by atoms with Crippen LogP contribution in [0.4, 0.5) is 0 Å². The van der Waals surface area contributed by atoms with Crippen molar-refractivity contribution in [2.45, 2.75) is 12.6 Å². The molecule has 0 radical (unpaired) electrons. The summed E-state index contributed by atoms with van der Waals surface area (Å²) < 4.78 is 0. The Balaban J connectivity index is 2.06. The minimum atomic E-state index is -0.408. The third-order valence-electron chi connectivity index (χ3n) is 4.03. The van der Waals surface area contributed by atoms with Crippen molar-refractivity contribution in [3.8, 4) is 0 Å². The van der Waals surface area contributed by atoms with Gasteiger partial charge >= 0.3 is 0 Å². The molecule has 5 nitrogen and oxygen atoms in total. The van der Waals surface area contributed by atoms with Crippen molar-refractivity contribution in [2.75, 3.05) is 6.54 Å². The Morgan fingerprint density at radius 1 is 1.04 bits per heavy atom. The Labute approximate surface area is 157 Å². The van der Waals surface area contributed by atoms with Gasteiger partial charge in [0.05, 0.1) is 12.6 Å². The molecule has 0 spiro atoms. The maximum atomic E-state index is 11.8. The van der Waals surface area contributed by atoms with Gasteiger partial charge in [-0.1, -0.05) is 41.9 Å². The fraction of sp³-hybridized carbons (Fsp3) is 0.150. The fourth-order valence-electron chi connectivity index (χ4n) is 2.99. The second-order valence-electron chi connectivity index (χ2n) is 5.94. The van der Waals surface area contributed by atoms with Crippen LogP contribution in [0.1, 0.15) is 22.7 Å². The maximum Gasteiger partial charge on any atom is 0.231 e. The van der Waals surface area contributed by atoms with Crippen LogP contribution in [0.2, 0.25) is 5.02 Å². The van der Waals surface area contributed by atoms with E-state index >= 15 is 0 Å². The number of hydrogen-bond donors (Lipinski definition) is 1. The zero-order chi connectivity index (χ0) is 18.4. The zero-order valence-corrected chi connectivity index (χ0v) is 14.9. The summed E-state index contributed by atoms with van der Waals surface area (Å²) in [6, 6.07) is 15.0. The summed E-state index contributed by atoms with van der Waals surface area (Å²) in [6.07, 6.45) is 6.99. The SMILES string of the molecule is NC(=O)CN(Cc1cccnc1)C(c1cccnc1)c1ccccc1Cl. The van der Waals surface area contributed by atoms with Crippen LogP contribution in [0, 0.1) is 0 Å². The first-order chi connectivity index (χ1) is 12.6. The van der Waals surface area contributed by atoms with Gasteiger partial charge in [0.25, 0.3) is 0 Å². The number of pyridine rings is 2. The van der Waals surface area contributed by atoms with Gasteiger partial charge in [-0.15, -0.1) is 0 Å². The van der Waals surface area contributed by atoms with Gasteiger partial charge in [-0.25, -0.2) is 0 Å². The quantitative estimate of drug-likeness (QED) is 0.697. The standard InChI is InChI=1S/C20H19ClN4O/c21-18-8-2-1-7-17(18)20(16-6-4-10-24-12-16)25(14-19(22)26)13-15-5-3-9-23-11-15/h1-12,20H,13-14H2,(H2,22,26). The lowest BCUT2D eigenvalue weighted by Gasteiger charge is -2.32. The van der Waals surface area contributed by atoms with Gasteiger partial charge in [-0.3, -0.25) is 19.7 Å². The average Bonchev–Trinajstić information content (AvgIpc) is 2.65. The Morgan fingerprint density at radius 2 is 1.77 bits per heavy atom. The molecule has 0 bridgehead atoms. The number of halogens is 1. The Morgan fingerprint density at radius 3 is 2.38 bits per heavy atom. The Bertz CT molecular complexity index is 858. The van der Waals surface area contributed by atoms with Crippen LogP contribution in [0.3, 0.4) is 0 Å². The topological polar surface area (TPSA) is 72.1 Å². The molecule has 0 aliphatic carbocycles. The number of primary amides is 1. The lowest BCUT2D eigenvalue weighted by Crippen LogP contribution is -2.37. The van der Waals surface area contributed by atoms with Gasteiger partial charge in [-0.2, -0.15) is 0 Å². The minimum Gasteiger partial charge on any atom is -0.369 e. The number of hydrogen-bond acceptors (Lipinski definition) is 4. The van der Waals surface area contributed by atoms with Crippen LogP contribution in [-0.2, 0) is 11.3 Å². The molecule has 1 aromatic carbocycles. The highest BCUT2D eigenvalue weighted by atomic mass is 35.5. The van der Waals surface area contributed by atoms with E-state index in [2.05, 4.69) is 9.97 Å². The normalized spacial score (nSPS) is 12.1. The number of rotatable bonds is 7. The van der Waals surface area contributed by atoms with Crippen LogP contribution < -0.4 is 5.73 Å². The van der Waals surface area contributed by atoms with Gasteiger partial charge in [-0.05, 0) is 34.9 Å². The smallest absolute Gasteiger partial charge is 0.231 e. The maximum absolute atomic E-state index is 11.8. The van der Waals surface area contributed by atoms with E-state index in [1.165, 1.54) is 0 Å². The molecule has 2 N–H and O–H groups in total. The number of amides is 1. The summed E-state index contributed by atoms with van der Waals surface area (Å²) in [7, 11) is 0. The van der Waals surface area contributed by atoms with E-state index in [1.807, 2.05) is 53.4 Å². The second-order valence-corrected chi connectivity index (χ2v) is 6.35. The van der Waals surface area contributed by atoms with Gasteiger partial charge < -0.3 is 5.73 Å². The monoisotopic (exact) mass is 366 g/mol. The van der Waals surface area contributed by atoms with Crippen molar-refractivity contribution in [3.05, 3.63) is 95.0 Å². The highest BCUT2D eigenvalue weighted by Crippen LogP contribution is 2.33. The van der Waals surface area contributed by atoms with E-state index in [1.54, 1.807) is 24.8 Å². The molecular formula is C20H19ClN4O. The molecule has 0 saturated heterocycles. The summed E-state index contributed by atoms with van der Waals surface area (Å²) >= 11 is 6.48. The molecule has 3 aromatic rings. The van der Waals surface area contributed by atoms with Crippen molar-refractivity contribution in [1.29, 1.82) is 0 Å². The molecule has 0 saturated carbocycles. The van der Waals surface area contributed by atoms with Crippen LogP contribution in [-0.4, -0.2) is 27.3 Å². The molecule has 132 valence electrons. The summed E-state index contributed by atoms with van der Waals surface area (Å²) in [4.78, 5) is 22.1. The molecule has 1 atom stereocenters. The van der Waals surface area contributed by atoms with E-state index in [-0.39, 0.29) is 12.6 Å². The number of carbonyl (C=O) groups is 1. The Kier molecular flexibility index (Phi) is 5.94. The van der Waals surface area contributed by atoms with Crippen molar-refractivity contribution in [2.24, 2.45) is 5.73 Å². The predicted octanol–water partition coefficient (Wildman–Crippen LogP) is 3.21.